The first-order chi connectivity index (χ1) is 18.5. The molecule has 198 valence electrons. The molecule has 0 spiro atoms. The molecule has 0 saturated heterocycles. The van der Waals surface area contributed by atoms with Gasteiger partial charge in [-0.3, -0.25) is 15.1 Å². The fraction of sp³-hybridized carbons (Fsp3) is 0.286. The van der Waals surface area contributed by atoms with Gasteiger partial charge in [0.25, 0.3) is 0 Å². The number of imidazole rings is 1. The predicted molar refractivity (Wildman–Crippen MR) is 149 cm³/mol. The molecule has 4 aromatic rings. The fourth-order valence-electron chi connectivity index (χ4n) is 4.21. The minimum Gasteiger partial charge on any atom is -0.375 e. The number of rotatable bonds is 13. The largest absolute Gasteiger partial charge is 0.375 e. The predicted octanol–water partition coefficient (Wildman–Crippen LogP) is 5.05. The normalized spacial score (nSPS) is 12.2. The Morgan fingerprint density at radius 2 is 2.08 bits per heavy atom. The fourth-order valence-corrected chi connectivity index (χ4v) is 4.21. The Kier molecular flexibility index (Phi) is 8.89. The Balaban J connectivity index is 1.42. The lowest BCUT2D eigenvalue weighted by Gasteiger charge is -2.20. The average Bonchev–Trinajstić information content (AvgIpc) is 3.60. The Hall–Kier alpha value is -4.44. The van der Waals surface area contributed by atoms with E-state index in [2.05, 4.69) is 32.0 Å². The summed E-state index contributed by atoms with van der Waals surface area (Å²) >= 11 is 0. The van der Waals surface area contributed by atoms with Crippen molar-refractivity contribution in [2.24, 2.45) is 0 Å². The van der Waals surface area contributed by atoms with Crippen molar-refractivity contribution in [3.63, 3.8) is 0 Å². The Morgan fingerprint density at radius 1 is 1.24 bits per heavy atom. The summed E-state index contributed by atoms with van der Waals surface area (Å²) in [7, 11) is 2.04. The highest BCUT2D eigenvalue weighted by molar-refractivity contribution is 5.83. The number of hydrogen-bond acceptors (Lipinski definition) is 7. The summed E-state index contributed by atoms with van der Waals surface area (Å²) < 4.78 is 1.96. The number of hydroxylamine groups is 1. The molecule has 10 nitrogen and oxygen atoms in total. The number of allylic oxidation sites excluding steroid dienone is 4. The summed E-state index contributed by atoms with van der Waals surface area (Å²) in [6, 6.07) is 6.11. The van der Waals surface area contributed by atoms with E-state index >= 15 is 0 Å². The van der Waals surface area contributed by atoms with Crippen molar-refractivity contribution in [3.8, 4) is 11.3 Å². The summed E-state index contributed by atoms with van der Waals surface area (Å²) in [6.45, 7) is 6.84. The Labute approximate surface area is 221 Å². The zero-order chi connectivity index (χ0) is 26.9. The number of carbonyl (C=O) groups excluding carboxylic acids is 1. The monoisotopic (exact) mass is 514 g/mol. The summed E-state index contributed by atoms with van der Waals surface area (Å²) in [4.78, 5) is 22.6. The number of hydrogen-bond donors (Lipinski definition) is 4. The first kappa shape index (κ1) is 26.6. The lowest BCUT2D eigenvalue weighted by atomic mass is 10.1. The van der Waals surface area contributed by atoms with Crippen LogP contribution in [-0.2, 0) is 4.79 Å². The molecule has 0 saturated carbocycles. The number of fused-ring (bicyclic) bond motifs is 2. The van der Waals surface area contributed by atoms with Crippen LogP contribution in [0.5, 0.6) is 0 Å². The van der Waals surface area contributed by atoms with Crippen LogP contribution < -0.4 is 10.8 Å². The molecule has 1 aromatic carbocycles. The SMILES string of the molecule is C=C/C(=C\C=C(/C)Nc1nc(-c2ccc3cn[nH]c3c2)cn2ccnc12)N(C)CCCCCCC(=O)NO. The van der Waals surface area contributed by atoms with Crippen LogP contribution >= 0.6 is 0 Å². The number of carbonyl (C=O) groups is 1. The zero-order valence-corrected chi connectivity index (χ0v) is 21.8. The van der Waals surface area contributed by atoms with Gasteiger partial charge in [0.2, 0.25) is 5.91 Å². The molecule has 1 amide bonds. The number of likely N-dealkylation sites (N-methyl/N-ethyl adjacent to an activating group) is 1. The molecule has 0 aliphatic heterocycles. The standard InChI is InChI=1S/C28H34N8O2/c1-4-23(35(3)15-8-6-5-7-9-26(37)34-38)13-10-20(2)31-27-28-29-14-16-36(28)19-25(32-27)21-11-12-22-18-30-33-24(22)17-21/h4,10-14,16-19,38H,1,5-9,15H2,2-3H3,(H,30,33)(H,31,32)(H,34,37)/b20-10+,23-13+. The summed E-state index contributed by atoms with van der Waals surface area (Å²) in [5, 5.41) is 20.1. The van der Waals surface area contributed by atoms with Crippen LogP contribution in [0.3, 0.4) is 0 Å². The highest BCUT2D eigenvalue weighted by Gasteiger charge is 2.11. The molecule has 3 aromatic heterocycles. The van der Waals surface area contributed by atoms with E-state index in [1.54, 1.807) is 17.9 Å². The van der Waals surface area contributed by atoms with Crippen LogP contribution in [0.1, 0.15) is 39.0 Å². The van der Waals surface area contributed by atoms with Crippen LogP contribution in [0.15, 0.2) is 79.2 Å². The van der Waals surface area contributed by atoms with Gasteiger partial charge in [0.1, 0.15) is 0 Å². The number of H-pyrrole nitrogens is 1. The van der Waals surface area contributed by atoms with E-state index < -0.39 is 0 Å². The van der Waals surface area contributed by atoms with Gasteiger partial charge in [-0.15, -0.1) is 0 Å². The van der Waals surface area contributed by atoms with Crippen molar-refractivity contribution in [2.75, 3.05) is 18.9 Å². The number of anilines is 1. The van der Waals surface area contributed by atoms with Crippen molar-refractivity contribution >= 4 is 28.3 Å². The molecule has 10 heteroatoms. The topological polar surface area (TPSA) is 123 Å². The van der Waals surface area contributed by atoms with Gasteiger partial charge in [0.15, 0.2) is 11.5 Å². The van der Waals surface area contributed by atoms with Gasteiger partial charge in [0.05, 0.1) is 17.4 Å². The number of aromatic nitrogens is 5. The molecular weight excluding hydrogens is 480 g/mol. The van der Waals surface area contributed by atoms with Gasteiger partial charge in [-0.05, 0) is 44.1 Å². The first-order valence-electron chi connectivity index (χ1n) is 12.7. The van der Waals surface area contributed by atoms with Crippen LogP contribution in [0, 0.1) is 0 Å². The van der Waals surface area contributed by atoms with Crippen LogP contribution in [0.2, 0.25) is 0 Å². The third-order valence-electron chi connectivity index (χ3n) is 6.35. The van der Waals surface area contributed by atoms with Gasteiger partial charge in [-0.2, -0.15) is 5.10 Å². The molecule has 0 radical (unpaired) electrons. The number of nitrogens with zero attached hydrogens (tertiary/aromatic N) is 5. The summed E-state index contributed by atoms with van der Waals surface area (Å²) in [5.41, 5.74) is 7.09. The average molecular weight is 515 g/mol. The van der Waals surface area contributed by atoms with E-state index in [0.29, 0.717) is 12.2 Å². The number of amides is 1. The van der Waals surface area contributed by atoms with Gasteiger partial charge in [-0.25, -0.2) is 15.4 Å². The van der Waals surface area contributed by atoms with Gasteiger partial charge in [0, 0.05) is 60.9 Å². The molecule has 0 aliphatic rings. The van der Waals surface area contributed by atoms with Crippen molar-refractivity contribution in [3.05, 3.63) is 79.2 Å². The maximum atomic E-state index is 11.1. The zero-order valence-electron chi connectivity index (χ0n) is 21.8. The van der Waals surface area contributed by atoms with Gasteiger partial charge in [-0.1, -0.05) is 31.6 Å². The quantitative estimate of drug-likeness (QED) is 0.0852. The maximum Gasteiger partial charge on any atom is 0.243 e. The molecular formula is C28H34N8O2. The second-order valence-electron chi connectivity index (χ2n) is 9.20. The molecule has 0 aliphatic carbocycles. The van der Waals surface area contributed by atoms with Gasteiger partial charge < -0.3 is 14.6 Å². The van der Waals surface area contributed by atoms with E-state index in [0.717, 1.165) is 71.4 Å². The second kappa shape index (κ2) is 12.7. The van der Waals surface area contributed by atoms with Crippen molar-refractivity contribution in [1.29, 1.82) is 0 Å². The Bertz CT molecular complexity index is 1470. The summed E-state index contributed by atoms with van der Waals surface area (Å²) in [5.74, 6) is 0.337. The van der Waals surface area contributed by atoms with Crippen LogP contribution in [0.4, 0.5) is 5.82 Å². The minimum absolute atomic E-state index is 0.333. The van der Waals surface area contributed by atoms with E-state index in [9.17, 15) is 4.79 Å². The third kappa shape index (κ3) is 6.65. The van der Waals surface area contributed by atoms with Crippen LogP contribution in [0.25, 0.3) is 27.8 Å². The number of unbranched alkanes of at least 4 members (excludes halogenated alkanes) is 3. The minimum atomic E-state index is -0.333. The molecule has 0 bridgehead atoms. The van der Waals surface area contributed by atoms with E-state index in [1.807, 2.05) is 67.2 Å². The summed E-state index contributed by atoms with van der Waals surface area (Å²) in [6.07, 6.45) is 17.4. The molecule has 0 atom stereocenters. The molecule has 4 rings (SSSR count). The lowest BCUT2D eigenvalue weighted by Crippen LogP contribution is -2.18. The van der Waals surface area contributed by atoms with Crippen molar-refractivity contribution in [2.45, 2.75) is 39.0 Å². The first-order valence-corrected chi connectivity index (χ1v) is 12.7. The molecule has 4 N–H and O–H groups in total. The molecule has 0 fully saturated rings. The second-order valence-corrected chi connectivity index (χ2v) is 9.20. The van der Waals surface area contributed by atoms with Gasteiger partial charge >= 0.3 is 0 Å². The van der Waals surface area contributed by atoms with E-state index in [-0.39, 0.29) is 5.91 Å². The van der Waals surface area contributed by atoms with Crippen molar-refractivity contribution < 1.29 is 10.0 Å². The highest BCUT2D eigenvalue weighted by atomic mass is 16.5. The Morgan fingerprint density at radius 3 is 2.89 bits per heavy atom. The molecule has 3 heterocycles. The number of benzene rings is 1. The number of aromatic amines is 1. The molecule has 0 unspecified atom stereocenters. The number of nitrogens with one attached hydrogen (secondary N) is 3. The highest BCUT2D eigenvalue weighted by Crippen LogP contribution is 2.25. The third-order valence-corrected chi connectivity index (χ3v) is 6.35. The maximum absolute atomic E-state index is 11.1. The van der Waals surface area contributed by atoms with Crippen molar-refractivity contribution in [1.82, 2.24) is 34.9 Å². The smallest absolute Gasteiger partial charge is 0.243 e. The van der Waals surface area contributed by atoms with E-state index in [1.165, 1.54) is 0 Å². The van der Waals surface area contributed by atoms with E-state index in [4.69, 9.17) is 10.2 Å². The lowest BCUT2D eigenvalue weighted by molar-refractivity contribution is -0.129. The van der Waals surface area contributed by atoms with Crippen LogP contribution in [-0.4, -0.2) is 54.2 Å². The molecule has 38 heavy (non-hydrogen) atoms.